The third-order valence-electron chi connectivity index (χ3n) is 2.83. The molecule has 18 heavy (non-hydrogen) atoms. The lowest BCUT2D eigenvalue weighted by Gasteiger charge is -2.17. The standard InChI is InChI=1S/C13H16N4O/c1-2-11(9-6-4-3-5-7-9)16-13(18)10-8-15-17-12(10)14/h3-8,11H,2H2,1H3,(H,16,18)(H3,14,15,17). The van der Waals surface area contributed by atoms with Gasteiger partial charge in [0, 0.05) is 0 Å². The number of nitrogen functional groups attached to an aromatic ring is 1. The number of anilines is 1. The summed E-state index contributed by atoms with van der Waals surface area (Å²) in [4.78, 5) is 12.0. The van der Waals surface area contributed by atoms with Crippen LogP contribution in [0.2, 0.25) is 0 Å². The normalized spacial score (nSPS) is 12.1. The monoisotopic (exact) mass is 244 g/mol. The van der Waals surface area contributed by atoms with Crippen molar-refractivity contribution in [2.75, 3.05) is 5.73 Å². The summed E-state index contributed by atoms with van der Waals surface area (Å²) < 4.78 is 0. The van der Waals surface area contributed by atoms with E-state index >= 15 is 0 Å². The van der Waals surface area contributed by atoms with Crippen LogP contribution in [0.5, 0.6) is 0 Å². The summed E-state index contributed by atoms with van der Waals surface area (Å²) >= 11 is 0. The number of amides is 1. The van der Waals surface area contributed by atoms with Gasteiger partial charge in [-0.05, 0) is 12.0 Å². The van der Waals surface area contributed by atoms with Crippen molar-refractivity contribution in [1.29, 1.82) is 0 Å². The van der Waals surface area contributed by atoms with E-state index in [2.05, 4.69) is 15.5 Å². The van der Waals surface area contributed by atoms with Crippen LogP contribution in [0.4, 0.5) is 5.82 Å². The SMILES string of the molecule is CCC(NC(=O)c1cn[nH]c1N)c1ccccc1. The maximum atomic E-state index is 12.0. The van der Waals surface area contributed by atoms with Crippen molar-refractivity contribution in [3.63, 3.8) is 0 Å². The number of aromatic amines is 1. The molecule has 2 rings (SSSR count). The summed E-state index contributed by atoms with van der Waals surface area (Å²) in [6.07, 6.45) is 2.25. The number of benzene rings is 1. The number of rotatable bonds is 4. The van der Waals surface area contributed by atoms with Crippen molar-refractivity contribution in [2.45, 2.75) is 19.4 Å². The molecule has 1 unspecified atom stereocenters. The average Bonchev–Trinajstić information content (AvgIpc) is 2.83. The molecule has 0 bridgehead atoms. The van der Waals surface area contributed by atoms with Crippen molar-refractivity contribution in [2.24, 2.45) is 0 Å². The van der Waals surface area contributed by atoms with Crippen LogP contribution >= 0.6 is 0 Å². The van der Waals surface area contributed by atoms with Crippen LogP contribution in [0, 0.1) is 0 Å². The molecule has 2 aromatic rings. The third-order valence-corrected chi connectivity index (χ3v) is 2.83. The highest BCUT2D eigenvalue weighted by Gasteiger charge is 2.16. The van der Waals surface area contributed by atoms with Gasteiger partial charge in [0.1, 0.15) is 11.4 Å². The largest absolute Gasteiger partial charge is 0.383 e. The van der Waals surface area contributed by atoms with Crippen molar-refractivity contribution < 1.29 is 4.79 Å². The Bertz CT molecular complexity index is 521. The molecule has 4 N–H and O–H groups in total. The zero-order valence-electron chi connectivity index (χ0n) is 10.2. The van der Waals surface area contributed by atoms with Gasteiger partial charge in [0.05, 0.1) is 12.2 Å². The number of carbonyl (C=O) groups excluding carboxylic acids is 1. The molecule has 0 saturated carbocycles. The van der Waals surface area contributed by atoms with Crippen molar-refractivity contribution in [3.8, 4) is 0 Å². The lowest BCUT2D eigenvalue weighted by atomic mass is 10.0. The Morgan fingerprint density at radius 1 is 1.44 bits per heavy atom. The first-order valence-electron chi connectivity index (χ1n) is 5.87. The zero-order chi connectivity index (χ0) is 13.0. The summed E-state index contributed by atoms with van der Waals surface area (Å²) in [6.45, 7) is 2.02. The van der Waals surface area contributed by atoms with Crippen LogP contribution in [0.1, 0.15) is 35.3 Å². The Labute approximate surface area is 105 Å². The minimum absolute atomic E-state index is 0.0204. The first-order chi connectivity index (χ1) is 8.72. The second-order valence-corrected chi connectivity index (χ2v) is 4.04. The van der Waals surface area contributed by atoms with Gasteiger partial charge in [0.25, 0.3) is 5.91 Å². The maximum Gasteiger partial charge on any atom is 0.257 e. The van der Waals surface area contributed by atoms with Gasteiger partial charge in [-0.15, -0.1) is 0 Å². The Hall–Kier alpha value is -2.30. The van der Waals surface area contributed by atoms with E-state index in [0.717, 1.165) is 12.0 Å². The van der Waals surface area contributed by atoms with Crippen LogP contribution in [-0.2, 0) is 0 Å². The molecule has 1 aromatic carbocycles. The molecule has 0 spiro atoms. The fraction of sp³-hybridized carbons (Fsp3) is 0.231. The number of aromatic nitrogens is 2. The second-order valence-electron chi connectivity index (χ2n) is 4.04. The van der Waals surface area contributed by atoms with E-state index < -0.39 is 0 Å². The highest BCUT2D eigenvalue weighted by atomic mass is 16.1. The molecule has 0 saturated heterocycles. The minimum Gasteiger partial charge on any atom is -0.383 e. The molecule has 1 heterocycles. The van der Waals surface area contributed by atoms with E-state index in [0.29, 0.717) is 5.56 Å². The molecule has 0 aliphatic carbocycles. The fourth-order valence-corrected chi connectivity index (χ4v) is 1.82. The molecular formula is C13H16N4O. The number of H-pyrrole nitrogens is 1. The molecule has 0 radical (unpaired) electrons. The van der Waals surface area contributed by atoms with Gasteiger partial charge < -0.3 is 11.1 Å². The first kappa shape index (κ1) is 12.2. The van der Waals surface area contributed by atoms with Crippen molar-refractivity contribution >= 4 is 11.7 Å². The highest BCUT2D eigenvalue weighted by Crippen LogP contribution is 2.17. The van der Waals surface area contributed by atoms with Gasteiger partial charge >= 0.3 is 0 Å². The van der Waals surface area contributed by atoms with E-state index in [1.165, 1.54) is 6.20 Å². The fourth-order valence-electron chi connectivity index (χ4n) is 1.82. The van der Waals surface area contributed by atoms with Gasteiger partial charge in [-0.2, -0.15) is 5.10 Å². The van der Waals surface area contributed by atoms with Gasteiger partial charge in [0.15, 0.2) is 0 Å². The molecular weight excluding hydrogens is 228 g/mol. The Morgan fingerprint density at radius 2 is 2.17 bits per heavy atom. The number of carbonyl (C=O) groups is 1. The highest BCUT2D eigenvalue weighted by molar-refractivity contribution is 5.98. The van der Waals surface area contributed by atoms with Crippen LogP contribution in [-0.4, -0.2) is 16.1 Å². The van der Waals surface area contributed by atoms with Crippen molar-refractivity contribution in [3.05, 3.63) is 47.7 Å². The minimum atomic E-state index is -0.211. The molecule has 0 fully saturated rings. The quantitative estimate of drug-likeness (QED) is 0.767. The maximum absolute atomic E-state index is 12.0. The van der Waals surface area contributed by atoms with E-state index in [1.807, 2.05) is 37.3 Å². The number of nitrogens with zero attached hydrogens (tertiary/aromatic N) is 1. The van der Waals surface area contributed by atoms with Gasteiger partial charge in [-0.3, -0.25) is 9.89 Å². The summed E-state index contributed by atoms with van der Waals surface area (Å²) in [5.74, 6) is 0.0763. The number of nitrogens with one attached hydrogen (secondary N) is 2. The Balaban J connectivity index is 2.13. The van der Waals surface area contributed by atoms with Gasteiger partial charge in [0.2, 0.25) is 0 Å². The molecule has 5 nitrogen and oxygen atoms in total. The van der Waals surface area contributed by atoms with E-state index in [9.17, 15) is 4.79 Å². The molecule has 0 aliphatic heterocycles. The van der Waals surface area contributed by atoms with Crippen LogP contribution in [0.25, 0.3) is 0 Å². The van der Waals surface area contributed by atoms with E-state index in [-0.39, 0.29) is 17.8 Å². The summed E-state index contributed by atoms with van der Waals surface area (Å²) in [5, 5.41) is 9.23. The molecule has 1 amide bonds. The topological polar surface area (TPSA) is 83.8 Å². The molecule has 1 atom stereocenters. The molecule has 94 valence electrons. The Kier molecular flexibility index (Phi) is 3.62. The summed E-state index contributed by atoms with van der Waals surface area (Å²) in [6, 6.07) is 9.83. The number of hydrogen-bond donors (Lipinski definition) is 3. The van der Waals surface area contributed by atoms with Crippen molar-refractivity contribution in [1.82, 2.24) is 15.5 Å². The second kappa shape index (κ2) is 5.35. The van der Waals surface area contributed by atoms with Gasteiger partial charge in [-0.25, -0.2) is 0 Å². The lowest BCUT2D eigenvalue weighted by molar-refractivity contribution is 0.0936. The predicted octanol–water partition coefficient (Wildman–Crippen LogP) is 1.87. The molecule has 1 aromatic heterocycles. The van der Waals surface area contributed by atoms with Crippen LogP contribution in [0.15, 0.2) is 36.5 Å². The predicted molar refractivity (Wildman–Crippen MR) is 69.9 cm³/mol. The summed E-state index contributed by atoms with van der Waals surface area (Å²) in [7, 11) is 0. The van der Waals surface area contributed by atoms with E-state index in [4.69, 9.17) is 5.73 Å². The van der Waals surface area contributed by atoms with Crippen LogP contribution in [0.3, 0.4) is 0 Å². The number of hydrogen-bond acceptors (Lipinski definition) is 3. The first-order valence-corrected chi connectivity index (χ1v) is 5.87. The molecule has 5 heteroatoms. The Morgan fingerprint density at radius 3 is 2.72 bits per heavy atom. The number of nitrogens with two attached hydrogens (primary N) is 1. The smallest absolute Gasteiger partial charge is 0.257 e. The summed E-state index contributed by atoms with van der Waals surface area (Å²) in [5.41, 5.74) is 7.08. The van der Waals surface area contributed by atoms with Crippen LogP contribution < -0.4 is 11.1 Å². The van der Waals surface area contributed by atoms with Gasteiger partial charge in [-0.1, -0.05) is 37.3 Å². The third kappa shape index (κ3) is 2.51. The van der Waals surface area contributed by atoms with E-state index in [1.54, 1.807) is 0 Å². The zero-order valence-corrected chi connectivity index (χ0v) is 10.2. The average molecular weight is 244 g/mol. The lowest BCUT2D eigenvalue weighted by Crippen LogP contribution is -2.28. The molecule has 0 aliphatic rings.